The van der Waals surface area contributed by atoms with Crippen molar-refractivity contribution in [1.82, 2.24) is 5.32 Å². The topological polar surface area (TPSA) is 84.5 Å². The quantitative estimate of drug-likeness (QED) is 0.524. The Labute approximate surface area is 177 Å². The summed E-state index contributed by atoms with van der Waals surface area (Å²) in [5.41, 5.74) is 2.10. The van der Waals surface area contributed by atoms with Gasteiger partial charge in [-0.05, 0) is 54.7 Å². The summed E-state index contributed by atoms with van der Waals surface area (Å²) in [4.78, 5) is 35.6. The Morgan fingerprint density at radius 3 is 2.43 bits per heavy atom. The Kier molecular flexibility index (Phi) is 7.60. The van der Waals surface area contributed by atoms with Crippen LogP contribution in [0.5, 0.6) is 5.75 Å². The lowest BCUT2D eigenvalue weighted by atomic mass is 9.87. The molecule has 0 spiro atoms. The van der Waals surface area contributed by atoms with E-state index >= 15 is 0 Å². The third kappa shape index (κ3) is 6.72. The van der Waals surface area contributed by atoms with Gasteiger partial charge in [0, 0.05) is 31.1 Å². The molecule has 0 saturated heterocycles. The van der Waals surface area contributed by atoms with Crippen LogP contribution in [0, 0.1) is 5.92 Å². The first-order valence-corrected chi connectivity index (χ1v) is 10.4. The van der Waals surface area contributed by atoms with E-state index in [0.717, 1.165) is 24.1 Å². The lowest BCUT2D eigenvalue weighted by molar-refractivity contribution is -0.131. The highest BCUT2D eigenvalue weighted by molar-refractivity contribution is 5.94. The highest BCUT2D eigenvalue weighted by Gasteiger charge is 2.17. The number of rotatable bonds is 7. The molecule has 0 unspecified atom stereocenters. The Balaban J connectivity index is 1.47. The number of carbonyl (C=O) groups is 3. The molecule has 3 rings (SSSR count). The van der Waals surface area contributed by atoms with E-state index in [-0.39, 0.29) is 11.8 Å². The fourth-order valence-electron chi connectivity index (χ4n) is 3.72. The van der Waals surface area contributed by atoms with Crippen molar-refractivity contribution >= 4 is 23.5 Å². The van der Waals surface area contributed by atoms with Gasteiger partial charge in [0.15, 0.2) is 0 Å². The Hall–Kier alpha value is -3.15. The number of ether oxygens (including phenoxy) is 1. The highest BCUT2D eigenvalue weighted by atomic mass is 16.5. The number of benzene rings is 2. The van der Waals surface area contributed by atoms with Crippen molar-refractivity contribution in [2.75, 3.05) is 5.32 Å². The zero-order valence-electron chi connectivity index (χ0n) is 17.3. The first kappa shape index (κ1) is 21.6. The number of nitrogens with one attached hydrogen (secondary N) is 2. The summed E-state index contributed by atoms with van der Waals surface area (Å²) < 4.78 is 5.01. The normalized spacial score (nSPS) is 14.0. The molecule has 2 amide bonds. The molecule has 2 aromatic rings. The van der Waals surface area contributed by atoms with Crippen LogP contribution in [0.2, 0.25) is 0 Å². The molecule has 0 atom stereocenters. The summed E-state index contributed by atoms with van der Waals surface area (Å²) in [6.45, 7) is 1.67. The van der Waals surface area contributed by atoms with Crippen molar-refractivity contribution in [1.29, 1.82) is 0 Å². The number of carbonyl (C=O) groups excluding carboxylic acids is 3. The van der Waals surface area contributed by atoms with Crippen LogP contribution >= 0.6 is 0 Å². The van der Waals surface area contributed by atoms with Crippen molar-refractivity contribution in [3.8, 4) is 5.75 Å². The van der Waals surface area contributed by atoms with Crippen molar-refractivity contribution in [3.05, 3.63) is 59.7 Å². The zero-order chi connectivity index (χ0) is 21.3. The second-order valence-electron chi connectivity index (χ2n) is 7.76. The molecule has 0 aliphatic heterocycles. The molecular weight excluding hydrogens is 380 g/mol. The van der Waals surface area contributed by atoms with Crippen molar-refractivity contribution in [3.63, 3.8) is 0 Å². The van der Waals surface area contributed by atoms with E-state index in [0.29, 0.717) is 30.2 Å². The van der Waals surface area contributed by atoms with Gasteiger partial charge >= 0.3 is 5.97 Å². The number of hydrogen-bond acceptors (Lipinski definition) is 4. The van der Waals surface area contributed by atoms with Crippen LogP contribution in [-0.4, -0.2) is 17.8 Å². The molecule has 0 aromatic heterocycles. The molecule has 158 valence electrons. The van der Waals surface area contributed by atoms with E-state index < -0.39 is 5.97 Å². The molecule has 2 aromatic carbocycles. The molecular formula is C24H28N2O4. The van der Waals surface area contributed by atoms with Crippen molar-refractivity contribution in [2.24, 2.45) is 5.92 Å². The smallest absolute Gasteiger partial charge is 0.308 e. The van der Waals surface area contributed by atoms with Gasteiger partial charge in [-0.15, -0.1) is 0 Å². The maximum atomic E-state index is 12.3. The minimum Gasteiger partial charge on any atom is -0.427 e. The second kappa shape index (κ2) is 10.6. The van der Waals surface area contributed by atoms with Crippen molar-refractivity contribution in [2.45, 2.75) is 52.0 Å². The van der Waals surface area contributed by atoms with Crippen LogP contribution in [-0.2, 0) is 16.1 Å². The van der Waals surface area contributed by atoms with E-state index in [9.17, 15) is 14.4 Å². The van der Waals surface area contributed by atoms with Gasteiger partial charge in [0.25, 0.3) is 5.91 Å². The first-order chi connectivity index (χ1) is 14.5. The van der Waals surface area contributed by atoms with Gasteiger partial charge in [-0.2, -0.15) is 0 Å². The van der Waals surface area contributed by atoms with Crippen molar-refractivity contribution < 1.29 is 19.1 Å². The largest absolute Gasteiger partial charge is 0.427 e. The summed E-state index contributed by atoms with van der Waals surface area (Å²) in [7, 11) is 0. The fourth-order valence-corrected chi connectivity index (χ4v) is 3.72. The van der Waals surface area contributed by atoms with Gasteiger partial charge < -0.3 is 15.4 Å². The van der Waals surface area contributed by atoms with Gasteiger partial charge in [-0.1, -0.05) is 37.5 Å². The lowest BCUT2D eigenvalue weighted by Crippen LogP contribution is -2.23. The third-order valence-corrected chi connectivity index (χ3v) is 5.25. The van der Waals surface area contributed by atoms with Crippen LogP contribution in [0.3, 0.4) is 0 Å². The molecule has 0 bridgehead atoms. The van der Waals surface area contributed by atoms with E-state index in [4.69, 9.17) is 4.74 Å². The lowest BCUT2D eigenvalue weighted by Gasteiger charge is -2.20. The van der Waals surface area contributed by atoms with E-state index in [2.05, 4.69) is 10.6 Å². The molecule has 30 heavy (non-hydrogen) atoms. The summed E-state index contributed by atoms with van der Waals surface area (Å²) in [6.07, 6.45) is 6.63. The molecule has 6 heteroatoms. The van der Waals surface area contributed by atoms with Crippen LogP contribution in [0.4, 0.5) is 5.69 Å². The van der Waals surface area contributed by atoms with E-state index in [1.54, 1.807) is 18.2 Å². The number of anilines is 1. The van der Waals surface area contributed by atoms with Crippen LogP contribution in [0.25, 0.3) is 0 Å². The molecule has 0 radical (unpaired) electrons. The monoisotopic (exact) mass is 408 g/mol. The van der Waals surface area contributed by atoms with Gasteiger partial charge in [0.05, 0.1) is 0 Å². The predicted molar refractivity (Wildman–Crippen MR) is 115 cm³/mol. The summed E-state index contributed by atoms with van der Waals surface area (Å²) >= 11 is 0. The van der Waals surface area contributed by atoms with Gasteiger partial charge in [-0.3, -0.25) is 14.4 Å². The minimum absolute atomic E-state index is 0.0654. The molecule has 6 nitrogen and oxygen atoms in total. The molecule has 1 aliphatic carbocycles. The average Bonchev–Trinajstić information content (AvgIpc) is 2.73. The van der Waals surface area contributed by atoms with Gasteiger partial charge in [0.2, 0.25) is 5.91 Å². The van der Waals surface area contributed by atoms with E-state index in [1.165, 1.54) is 32.3 Å². The maximum Gasteiger partial charge on any atom is 0.308 e. The van der Waals surface area contributed by atoms with Gasteiger partial charge in [-0.25, -0.2) is 0 Å². The third-order valence-electron chi connectivity index (χ3n) is 5.25. The SMILES string of the molecule is CC(=O)Oc1cccc(C(=O)NCc2ccc(NC(=O)CC3CCCCC3)cc2)c1. The maximum absolute atomic E-state index is 12.3. The molecule has 0 heterocycles. The summed E-state index contributed by atoms with van der Waals surface area (Å²) in [5, 5.41) is 5.80. The first-order valence-electron chi connectivity index (χ1n) is 10.4. The number of amides is 2. The summed E-state index contributed by atoms with van der Waals surface area (Å²) in [5.74, 6) is 0.221. The highest BCUT2D eigenvalue weighted by Crippen LogP contribution is 2.26. The Morgan fingerprint density at radius 1 is 1.00 bits per heavy atom. The molecule has 1 saturated carbocycles. The molecule has 1 aliphatic rings. The molecule has 1 fully saturated rings. The number of hydrogen-bond donors (Lipinski definition) is 2. The van der Waals surface area contributed by atoms with Crippen LogP contribution in [0.1, 0.15) is 61.4 Å². The standard InChI is InChI=1S/C24H28N2O4/c1-17(27)30-22-9-5-8-20(15-22)24(29)25-16-19-10-12-21(13-11-19)26-23(28)14-18-6-3-2-4-7-18/h5,8-13,15,18H,2-4,6-7,14,16H2,1H3,(H,25,29)(H,26,28). The minimum atomic E-state index is -0.432. The van der Waals surface area contributed by atoms with Crippen LogP contribution in [0.15, 0.2) is 48.5 Å². The Morgan fingerprint density at radius 2 is 1.73 bits per heavy atom. The van der Waals surface area contributed by atoms with Gasteiger partial charge in [0.1, 0.15) is 5.75 Å². The average molecular weight is 408 g/mol. The Bertz CT molecular complexity index is 886. The van der Waals surface area contributed by atoms with Crippen LogP contribution < -0.4 is 15.4 Å². The van der Waals surface area contributed by atoms with E-state index in [1.807, 2.05) is 24.3 Å². The number of esters is 1. The predicted octanol–water partition coefficient (Wildman–Crippen LogP) is 4.45. The second-order valence-corrected chi connectivity index (χ2v) is 7.76. The molecule has 2 N–H and O–H groups in total. The summed E-state index contributed by atoms with van der Waals surface area (Å²) in [6, 6.07) is 13.9. The zero-order valence-corrected chi connectivity index (χ0v) is 17.3. The fraction of sp³-hybridized carbons (Fsp3) is 0.375.